The van der Waals surface area contributed by atoms with Crippen molar-refractivity contribution in [3.63, 3.8) is 0 Å². The third kappa shape index (κ3) is 2.69. The fourth-order valence-electron chi connectivity index (χ4n) is 4.20. The average Bonchev–Trinajstić information content (AvgIpc) is 3.08. The van der Waals surface area contributed by atoms with E-state index in [1.165, 1.54) is 6.07 Å². The molecule has 2 aliphatic rings. The van der Waals surface area contributed by atoms with Gasteiger partial charge in [0.1, 0.15) is 5.82 Å². The SMILES string of the molecule is CNC(=O)[C@@H]1CCC[C@]12CCN(Cc1ccccc1F)C2. The summed E-state index contributed by atoms with van der Waals surface area (Å²) in [6.07, 6.45) is 4.30. The van der Waals surface area contributed by atoms with Crippen LogP contribution in [0, 0.1) is 17.2 Å². The lowest BCUT2D eigenvalue weighted by Crippen LogP contribution is -2.39. The van der Waals surface area contributed by atoms with Crippen molar-refractivity contribution in [3.8, 4) is 0 Å². The average molecular weight is 290 g/mol. The van der Waals surface area contributed by atoms with E-state index in [9.17, 15) is 9.18 Å². The Labute approximate surface area is 125 Å². The molecule has 0 bridgehead atoms. The molecule has 1 aromatic rings. The Morgan fingerprint density at radius 2 is 2.24 bits per heavy atom. The maximum Gasteiger partial charge on any atom is 0.223 e. The van der Waals surface area contributed by atoms with Gasteiger partial charge in [-0.15, -0.1) is 0 Å². The Balaban J connectivity index is 1.70. The maximum atomic E-state index is 13.8. The zero-order valence-electron chi connectivity index (χ0n) is 12.6. The standard InChI is InChI=1S/C17H23FN2O/c1-19-16(21)14-6-4-8-17(14)9-10-20(12-17)11-13-5-2-3-7-15(13)18/h2-3,5,7,14H,4,6,8-12H2,1H3,(H,19,21)/t14-,17+/m0/s1. The summed E-state index contributed by atoms with van der Waals surface area (Å²) in [6.45, 7) is 2.52. The van der Waals surface area contributed by atoms with Crippen LogP contribution in [0.15, 0.2) is 24.3 Å². The Morgan fingerprint density at radius 3 is 3.00 bits per heavy atom. The van der Waals surface area contributed by atoms with Crippen molar-refractivity contribution in [2.24, 2.45) is 11.3 Å². The molecule has 3 nitrogen and oxygen atoms in total. The number of likely N-dealkylation sites (tertiary alicyclic amines) is 1. The number of carbonyl (C=O) groups excluding carboxylic acids is 1. The summed E-state index contributed by atoms with van der Waals surface area (Å²) in [5, 5.41) is 2.81. The summed E-state index contributed by atoms with van der Waals surface area (Å²) in [7, 11) is 1.72. The van der Waals surface area contributed by atoms with Crippen LogP contribution >= 0.6 is 0 Å². The van der Waals surface area contributed by atoms with E-state index in [2.05, 4.69) is 10.2 Å². The second-order valence-corrected chi connectivity index (χ2v) is 6.47. The summed E-state index contributed by atoms with van der Waals surface area (Å²) >= 11 is 0. The smallest absolute Gasteiger partial charge is 0.223 e. The molecule has 3 rings (SSSR count). The van der Waals surface area contributed by atoms with Crippen molar-refractivity contribution in [1.82, 2.24) is 10.2 Å². The Kier molecular flexibility index (Phi) is 3.98. The van der Waals surface area contributed by atoms with Gasteiger partial charge in [-0.25, -0.2) is 4.39 Å². The molecule has 0 unspecified atom stereocenters. The first kappa shape index (κ1) is 14.5. The fraction of sp³-hybridized carbons (Fsp3) is 0.588. The van der Waals surface area contributed by atoms with Crippen LogP contribution in [0.5, 0.6) is 0 Å². The minimum atomic E-state index is -0.132. The first-order valence-electron chi connectivity index (χ1n) is 7.82. The van der Waals surface area contributed by atoms with Gasteiger partial charge in [-0.2, -0.15) is 0 Å². The lowest BCUT2D eigenvalue weighted by atomic mass is 9.76. The largest absolute Gasteiger partial charge is 0.359 e. The lowest BCUT2D eigenvalue weighted by Gasteiger charge is -2.30. The van der Waals surface area contributed by atoms with E-state index >= 15 is 0 Å². The van der Waals surface area contributed by atoms with Gasteiger partial charge < -0.3 is 5.32 Å². The van der Waals surface area contributed by atoms with Crippen LogP contribution in [-0.4, -0.2) is 30.9 Å². The van der Waals surface area contributed by atoms with E-state index in [1.807, 2.05) is 12.1 Å². The van der Waals surface area contributed by atoms with E-state index < -0.39 is 0 Å². The normalized spacial score (nSPS) is 29.1. The minimum absolute atomic E-state index is 0.116. The lowest BCUT2D eigenvalue weighted by molar-refractivity contribution is -0.127. The predicted octanol–water partition coefficient (Wildman–Crippen LogP) is 2.56. The van der Waals surface area contributed by atoms with Crippen molar-refractivity contribution in [3.05, 3.63) is 35.6 Å². The van der Waals surface area contributed by atoms with E-state index in [4.69, 9.17) is 0 Å². The van der Waals surface area contributed by atoms with Crippen LogP contribution in [0.3, 0.4) is 0 Å². The first-order valence-corrected chi connectivity index (χ1v) is 7.82. The van der Waals surface area contributed by atoms with Gasteiger partial charge in [0.05, 0.1) is 0 Å². The molecule has 1 aliphatic heterocycles. The van der Waals surface area contributed by atoms with Crippen LogP contribution < -0.4 is 5.32 Å². The number of halogens is 1. The van der Waals surface area contributed by atoms with E-state index in [0.29, 0.717) is 6.54 Å². The quantitative estimate of drug-likeness (QED) is 0.928. The maximum absolute atomic E-state index is 13.8. The second-order valence-electron chi connectivity index (χ2n) is 6.47. The Morgan fingerprint density at radius 1 is 1.43 bits per heavy atom. The van der Waals surface area contributed by atoms with Crippen molar-refractivity contribution in [1.29, 1.82) is 0 Å². The molecule has 1 heterocycles. The number of amides is 1. The zero-order valence-corrected chi connectivity index (χ0v) is 12.6. The molecule has 1 amide bonds. The number of benzene rings is 1. The molecule has 0 aromatic heterocycles. The first-order chi connectivity index (χ1) is 10.1. The van der Waals surface area contributed by atoms with Gasteiger partial charge in [0.15, 0.2) is 0 Å². The molecule has 1 saturated carbocycles. The van der Waals surface area contributed by atoms with Crippen LogP contribution in [0.2, 0.25) is 0 Å². The predicted molar refractivity (Wildman–Crippen MR) is 80.1 cm³/mol. The van der Waals surface area contributed by atoms with Gasteiger partial charge in [-0.1, -0.05) is 24.6 Å². The molecule has 1 spiro atoms. The molecule has 2 atom stereocenters. The van der Waals surface area contributed by atoms with Crippen molar-refractivity contribution in [2.75, 3.05) is 20.1 Å². The molecule has 114 valence electrons. The van der Waals surface area contributed by atoms with E-state index in [1.54, 1.807) is 13.1 Å². The highest BCUT2D eigenvalue weighted by atomic mass is 19.1. The number of rotatable bonds is 3. The van der Waals surface area contributed by atoms with Gasteiger partial charge in [-0.05, 0) is 37.3 Å². The van der Waals surface area contributed by atoms with Crippen LogP contribution in [0.25, 0.3) is 0 Å². The molecule has 1 aliphatic carbocycles. The van der Waals surface area contributed by atoms with Crippen LogP contribution in [0.4, 0.5) is 4.39 Å². The van der Waals surface area contributed by atoms with Crippen LogP contribution in [0.1, 0.15) is 31.2 Å². The number of hydrogen-bond acceptors (Lipinski definition) is 2. The highest BCUT2D eigenvalue weighted by molar-refractivity contribution is 5.79. The summed E-state index contributed by atoms with van der Waals surface area (Å²) < 4.78 is 13.8. The summed E-state index contributed by atoms with van der Waals surface area (Å²) in [5.41, 5.74) is 0.870. The van der Waals surface area contributed by atoms with Crippen molar-refractivity contribution in [2.45, 2.75) is 32.2 Å². The number of nitrogens with one attached hydrogen (secondary N) is 1. The van der Waals surface area contributed by atoms with Crippen molar-refractivity contribution >= 4 is 5.91 Å². The number of nitrogens with zero attached hydrogens (tertiary/aromatic N) is 1. The third-order valence-electron chi connectivity index (χ3n) is 5.29. The summed E-state index contributed by atoms with van der Waals surface area (Å²) in [5.74, 6) is 0.182. The molecule has 4 heteroatoms. The van der Waals surface area contributed by atoms with Crippen LogP contribution in [-0.2, 0) is 11.3 Å². The van der Waals surface area contributed by atoms with Gasteiger partial charge >= 0.3 is 0 Å². The molecule has 1 aromatic carbocycles. The third-order valence-corrected chi connectivity index (χ3v) is 5.29. The second kappa shape index (κ2) is 5.76. The van der Waals surface area contributed by atoms with Crippen molar-refractivity contribution < 1.29 is 9.18 Å². The highest BCUT2D eigenvalue weighted by Crippen LogP contribution is 2.50. The summed E-state index contributed by atoms with van der Waals surface area (Å²) in [6, 6.07) is 6.98. The topological polar surface area (TPSA) is 32.3 Å². The molecular weight excluding hydrogens is 267 g/mol. The Bertz CT molecular complexity index is 533. The minimum Gasteiger partial charge on any atom is -0.359 e. The van der Waals surface area contributed by atoms with E-state index in [-0.39, 0.29) is 23.1 Å². The number of carbonyl (C=O) groups is 1. The fourth-order valence-corrected chi connectivity index (χ4v) is 4.20. The number of hydrogen-bond donors (Lipinski definition) is 1. The zero-order chi connectivity index (χ0) is 14.9. The van der Waals surface area contributed by atoms with Gasteiger partial charge in [0.2, 0.25) is 5.91 Å². The molecular formula is C17H23FN2O. The molecule has 0 radical (unpaired) electrons. The van der Waals surface area contributed by atoms with Gasteiger partial charge in [-0.3, -0.25) is 9.69 Å². The highest BCUT2D eigenvalue weighted by Gasteiger charge is 2.49. The monoisotopic (exact) mass is 290 g/mol. The molecule has 21 heavy (non-hydrogen) atoms. The molecule has 1 N–H and O–H groups in total. The summed E-state index contributed by atoms with van der Waals surface area (Å²) in [4.78, 5) is 14.4. The Hall–Kier alpha value is -1.42. The molecule has 2 fully saturated rings. The van der Waals surface area contributed by atoms with Gasteiger partial charge in [0, 0.05) is 31.6 Å². The van der Waals surface area contributed by atoms with E-state index in [0.717, 1.165) is 44.3 Å². The van der Waals surface area contributed by atoms with Gasteiger partial charge in [0.25, 0.3) is 0 Å². The molecule has 1 saturated heterocycles.